The summed E-state index contributed by atoms with van der Waals surface area (Å²) in [5, 5.41) is 3.83. The fraction of sp³-hybridized carbons (Fsp3) is 0.308. The highest BCUT2D eigenvalue weighted by Crippen LogP contribution is 2.51. The normalized spacial score (nSPS) is 14.0. The summed E-state index contributed by atoms with van der Waals surface area (Å²) in [4.78, 5) is 0. The molecule has 0 amide bonds. The van der Waals surface area contributed by atoms with Gasteiger partial charge in [-0.1, -0.05) is 156 Å². The summed E-state index contributed by atoms with van der Waals surface area (Å²) in [6.45, 7) is 27.8. The van der Waals surface area contributed by atoms with E-state index >= 15 is 0 Å². The maximum absolute atomic E-state index is 7.52. The van der Waals surface area contributed by atoms with Gasteiger partial charge in [0.25, 0.3) is 0 Å². The second kappa shape index (κ2) is 11.2. The van der Waals surface area contributed by atoms with Crippen molar-refractivity contribution in [2.45, 2.75) is 105 Å². The number of benzene rings is 5. The summed E-state index contributed by atoms with van der Waals surface area (Å²) in [7, 11) is 0. The SMILES string of the molecule is CC(C)(C)c1cc2c3c(c1)-n1c4ccc(C(C)(C)C)cc4c4c(C(C)(C)C)oc(c41)B3n1c(-c3ccccc3)c(-c3ccccc3)c3cc(C(C)(C)C)cc-2c31. The first kappa shape index (κ1) is 35.2. The van der Waals surface area contributed by atoms with Crippen molar-refractivity contribution in [3.05, 3.63) is 126 Å². The maximum atomic E-state index is 7.52. The molecule has 8 aromatic rings. The van der Waals surface area contributed by atoms with Crippen LogP contribution in [0.25, 0.3) is 71.9 Å². The number of rotatable bonds is 2. The second-order valence-electron chi connectivity index (χ2n) is 20.7. The van der Waals surface area contributed by atoms with Crippen molar-refractivity contribution in [3.63, 3.8) is 0 Å². The largest absolute Gasteiger partial charge is 0.470 e. The minimum atomic E-state index is -0.221. The third-order valence-electron chi connectivity index (χ3n) is 12.6. The molecule has 2 aliphatic rings. The van der Waals surface area contributed by atoms with Crippen LogP contribution in [0.2, 0.25) is 0 Å². The van der Waals surface area contributed by atoms with Crippen LogP contribution in [-0.4, -0.2) is 15.9 Å². The Kier molecular flexibility index (Phi) is 7.05. The molecule has 4 heteroatoms. The van der Waals surface area contributed by atoms with E-state index in [1.807, 2.05) is 0 Å². The molecule has 0 saturated carbocycles. The van der Waals surface area contributed by atoms with Crippen molar-refractivity contribution < 1.29 is 4.42 Å². The molecule has 0 aliphatic carbocycles. The van der Waals surface area contributed by atoms with Crippen LogP contribution in [-0.2, 0) is 21.7 Å². The monoisotopic (exact) mass is 732 g/mol. The number of furan rings is 1. The number of nitrogens with zero attached hydrogens (tertiary/aromatic N) is 2. The lowest BCUT2D eigenvalue weighted by atomic mass is 9.48. The van der Waals surface area contributed by atoms with Gasteiger partial charge in [0.1, 0.15) is 11.4 Å². The van der Waals surface area contributed by atoms with E-state index in [0.29, 0.717) is 0 Å². The molecule has 3 aromatic heterocycles. The first-order valence-electron chi connectivity index (χ1n) is 20.5. The van der Waals surface area contributed by atoms with Crippen LogP contribution in [0.1, 0.15) is 106 Å². The van der Waals surface area contributed by atoms with Gasteiger partial charge in [-0.3, -0.25) is 0 Å². The van der Waals surface area contributed by atoms with Crippen molar-refractivity contribution in [2.24, 2.45) is 0 Å². The van der Waals surface area contributed by atoms with Crippen molar-refractivity contribution in [3.8, 4) is 39.2 Å². The molecular weight excluding hydrogens is 679 g/mol. The fourth-order valence-electron chi connectivity index (χ4n) is 9.65. The Bertz CT molecular complexity index is 2920. The Balaban J connectivity index is 1.48. The number of hydrogen-bond donors (Lipinski definition) is 0. The molecule has 2 aliphatic heterocycles. The van der Waals surface area contributed by atoms with Crippen LogP contribution in [0.4, 0.5) is 0 Å². The van der Waals surface area contributed by atoms with E-state index in [9.17, 15) is 0 Å². The topological polar surface area (TPSA) is 23.0 Å². The van der Waals surface area contributed by atoms with Crippen molar-refractivity contribution >= 4 is 50.7 Å². The van der Waals surface area contributed by atoms with Crippen LogP contribution in [0, 0.1) is 0 Å². The molecule has 3 nitrogen and oxygen atoms in total. The maximum Gasteiger partial charge on any atom is 0.375 e. The predicted molar refractivity (Wildman–Crippen MR) is 240 cm³/mol. The van der Waals surface area contributed by atoms with Crippen LogP contribution in [0.3, 0.4) is 0 Å². The van der Waals surface area contributed by atoms with Crippen LogP contribution in [0.5, 0.6) is 0 Å². The summed E-state index contributed by atoms with van der Waals surface area (Å²) in [6.07, 6.45) is 0. The van der Waals surface area contributed by atoms with Gasteiger partial charge in [0, 0.05) is 49.6 Å². The summed E-state index contributed by atoms with van der Waals surface area (Å²) in [5.41, 5.74) is 18.6. The number of aromatic nitrogens is 2. The summed E-state index contributed by atoms with van der Waals surface area (Å²) < 4.78 is 12.8. The molecule has 10 rings (SSSR count). The van der Waals surface area contributed by atoms with E-state index in [2.05, 4.69) is 195 Å². The third kappa shape index (κ3) is 4.84. The van der Waals surface area contributed by atoms with Crippen LogP contribution >= 0.6 is 0 Å². The van der Waals surface area contributed by atoms with Gasteiger partial charge in [-0.15, -0.1) is 0 Å². The number of fused-ring (bicyclic) bond motifs is 7. The van der Waals surface area contributed by atoms with E-state index in [0.717, 1.165) is 11.4 Å². The lowest BCUT2D eigenvalue weighted by molar-refractivity contribution is 0.429. The fourth-order valence-corrected chi connectivity index (χ4v) is 9.65. The Labute approximate surface area is 332 Å². The van der Waals surface area contributed by atoms with Gasteiger partial charge in [-0.05, 0) is 85.4 Å². The van der Waals surface area contributed by atoms with E-state index in [-0.39, 0.29) is 28.5 Å². The van der Waals surface area contributed by atoms with Gasteiger partial charge < -0.3 is 13.5 Å². The molecule has 280 valence electrons. The lowest BCUT2D eigenvalue weighted by Gasteiger charge is -2.35. The number of hydrogen-bond acceptors (Lipinski definition) is 1. The Hall–Kier alpha value is -5.22. The highest BCUT2D eigenvalue weighted by atomic mass is 16.3. The zero-order valence-corrected chi connectivity index (χ0v) is 35.2. The lowest BCUT2D eigenvalue weighted by Crippen LogP contribution is -2.55. The average molecular weight is 733 g/mol. The Morgan fingerprint density at radius 2 is 1.09 bits per heavy atom. The van der Waals surface area contributed by atoms with Crippen molar-refractivity contribution in [1.29, 1.82) is 0 Å². The Morgan fingerprint density at radius 3 is 1.70 bits per heavy atom. The summed E-state index contributed by atoms with van der Waals surface area (Å²) in [5.74, 6) is 1.06. The van der Waals surface area contributed by atoms with Gasteiger partial charge in [0.05, 0.1) is 11.0 Å². The highest BCUT2D eigenvalue weighted by Gasteiger charge is 2.47. The minimum absolute atomic E-state index is 0.00870. The molecule has 56 heavy (non-hydrogen) atoms. The zero-order chi connectivity index (χ0) is 39.4. The molecule has 5 aromatic carbocycles. The molecule has 0 radical (unpaired) electrons. The molecule has 0 atom stereocenters. The molecule has 0 spiro atoms. The first-order valence-corrected chi connectivity index (χ1v) is 20.5. The van der Waals surface area contributed by atoms with Gasteiger partial charge in [-0.2, -0.15) is 0 Å². The third-order valence-corrected chi connectivity index (χ3v) is 12.6. The van der Waals surface area contributed by atoms with Crippen molar-refractivity contribution in [2.75, 3.05) is 0 Å². The zero-order valence-electron chi connectivity index (χ0n) is 35.2. The molecule has 5 heterocycles. The van der Waals surface area contributed by atoms with Crippen molar-refractivity contribution in [1.82, 2.24) is 9.05 Å². The van der Waals surface area contributed by atoms with Gasteiger partial charge >= 0.3 is 6.85 Å². The minimum Gasteiger partial charge on any atom is -0.470 e. The van der Waals surface area contributed by atoms with E-state index < -0.39 is 0 Å². The standard InChI is InChI=1S/C52H53BN2O/c1-49(2,3)32-23-24-39-37(25-32)42-46-48(56-47(42)52(10,11)12)53-43-35(26-34(51(7,8)9)29-40(43)54(39)46)36-27-33(50(4,5)6)28-38-41(30-19-15-13-16-20-30)44(55(53)45(36)38)31-21-17-14-18-22-31/h13-29H,1-12H3. The molecule has 0 unspecified atom stereocenters. The molecule has 0 fully saturated rings. The van der Waals surface area contributed by atoms with Gasteiger partial charge in [0.15, 0.2) is 0 Å². The first-order chi connectivity index (χ1) is 26.3. The second-order valence-corrected chi connectivity index (χ2v) is 20.7. The molecule has 0 bridgehead atoms. The van der Waals surface area contributed by atoms with E-state index in [1.165, 1.54) is 94.1 Å². The van der Waals surface area contributed by atoms with Crippen LogP contribution < -0.4 is 11.1 Å². The van der Waals surface area contributed by atoms with Gasteiger partial charge in [0.2, 0.25) is 0 Å². The highest BCUT2D eigenvalue weighted by molar-refractivity contribution is 6.89. The summed E-state index contributed by atoms with van der Waals surface area (Å²) >= 11 is 0. The quantitative estimate of drug-likeness (QED) is 0.162. The van der Waals surface area contributed by atoms with E-state index in [1.54, 1.807) is 0 Å². The van der Waals surface area contributed by atoms with E-state index in [4.69, 9.17) is 4.42 Å². The van der Waals surface area contributed by atoms with Gasteiger partial charge in [-0.25, -0.2) is 0 Å². The average Bonchev–Trinajstić information content (AvgIpc) is 3.80. The predicted octanol–water partition coefficient (Wildman–Crippen LogP) is 12.8. The molecule has 0 saturated heterocycles. The molecule has 0 N–H and O–H groups in total. The van der Waals surface area contributed by atoms with Crippen LogP contribution in [0.15, 0.2) is 108 Å². The smallest absolute Gasteiger partial charge is 0.375 e. The summed E-state index contributed by atoms with van der Waals surface area (Å²) in [6, 6.07) is 39.4. The molecular formula is C52H53BN2O. The Morgan fingerprint density at radius 1 is 0.518 bits per heavy atom.